The summed E-state index contributed by atoms with van der Waals surface area (Å²) in [5.41, 5.74) is 1.31. The molecule has 2 aliphatic rings. The zero-order valence-electron chi connectivity index (χ0n) is 10.4. The first-order valence-electron chi connectivity index (χ1n) is 6.54. The molecule has 3 heterocycles. The zero-order chi connectivity index (χ0) is 12.7. The van der Waals surface area contributed by atoms with Crippen LogP contribution in [0.5, 0.6) is 0 Å². The molecule has 0 amide bonds. The Labute approximate surface area is 115 Å². The van der Waals surface area contributed by atoms with E-state index < -0.39 is 0 Å². The van der Waals surface area contributed by atoms with Crippen LogP contribution in [-0.2, 0) is 4.74 Å². The summed E-state index contributed by atoms with van der Waals surface area (Å²) >= 11 is 1.86. The monoisotopic (exact) mass is 274 g/mol. The van der Waals surface area contributed by atoms with Gasteiger partial charge in [0.2, 0.25) is 11.8 Å². The normalized spacial score (nSPS) is 25.7. The van der Waals surface area contributed by atoms with Crippen LogP contribution < -0.4 is 0 Å². The molecule has 1 aromatic carbocycles. The number of rotatable bonds is 2. The second-order valence-corrected chi connectivity index (χ2v) is 6.00. The minimum absolute atomic E-state index is 0.241. The molecule has 0 radical (unpaired) electrons. The molecule has 5 heteroatoms. The van der Waals surface area contributed by atoms with Gasteiger partial charge in [0.25, 0.3) is 0 Å². The molecule has 2 aliphatic heterocycles. The van der Waals surface area contributed by atoms with E-state index >= 15 is 0 Å². The lowest BCUT2D eigenvalue weighted by atomic mass is 10.0. The minimum atomic E-state index is 0.241. The van der Waals surface area contributed by atoms with Crippen molar-refractivity contribution in [3.63, 3.8) is 0 Å². The van der Waals surface area contributed by atoms with Crippen molar-refractivity contribution in [2.24, 2.45) is 0 Å². The first-order valence-corrected chi connectivity index (χ1v) is 7.53. The number of fused-ring (bicyclic) bond motifs is 1. The topological polar surface area (TPSA) is 48.2 Å². The van der Waals surface area contributed by atoms with Crippen molar-refractivity contribution >= 4 is 11.8 Å². The van der Waals surface area contributed by atoms with Crippen molar-refractivity contribution in [1.29, 1.82) is 0 Å². The van der Waals surface area contributed by atoms with Crippen LogP contribution in [0.3, 0.4) is 0 Å². The van der Waals surface area contributed by atoms with Crippen LogP contribution in [0.15, 0.2) is 33.6 Å². The van der Waals surface area contributed by atoms with Gasteiger partial charge in [0.05, 0.1) is 18.4 Å². The summed E-state index contributed by atoms with van der Waals surface area (Å²) in [7, 11) is 0. The molecule has 2 atom stereocenters. The number of nitrogens with zero attached hydrogens (tertiary/aromatic N) is 2. The molecule has 2 aromatic rings. The Morgan fingerprint density at radius 1 is 1.16 bits per heavy atom. The maximum Gasteiger partial charge on any atom is 0.224 e. The van der Waals surface area contributed by atoms with Crippen LogP contribution in [-0.4, -0.2) is 29.2 Å². The highest BCUT2D eigenvalue weighted by Gasteiger charge is 2.30. The second kappa shape index (κ2) is 4.65. The van der Waals surface area contributed by atoms with Gasteiger partial charge in [-0.1, -0.05) is 18.2 Å². The summed E-state index contributed by atoms with van der Waals surface area (Å²) in [4.78, 5) is 1.33. The first kappa shape index (κ1) is 11.5. The molecule has 0 N–H and O–H groups in total. The fraction of sp³-hybridized carbons (Fsp3) is 0.429. The standard InChI is InChI=1S/C14H14N2O2S/c1-2-4-12-10(3-1)11(8-19-12)14-16-15-13(18-14)9-5-6-17-7-9/h1-4,9,11H,5-8H2/t9-,11+/m0/s1. The molecule has 4 nitrogen and oxygen atoms in total. The Kier molecular flexibility index (Phi) is 2.81. The predicted molar refractivity (Wildman–Crippen MR) is 71.5 cm³/mol. The number of thioether (sulfide) groups is 1. The number of hydrogen-bond donors (Lipinski definition) is 0. The Bertz CT molecular complexity index is 593. The molecule has 4 rings (SSSR count). The van der Waals surface area contributed by atoms with E-state index in [1.165, 1.54) is 10.5 Å². The van der Waals surface area contributed by atoms with Crippen LogP contribution in [0.4, 0.5) is 0 Å². The maximum absolute atomic E-state index is 5.89. The molecular weight excluding hydrogens is 260 g/mol. The number of ether oxygens (including phenoxy) is 1. The molecule has 1 fully saturated rings. The van der Waals surface area contributed by atoms with Crippen molar-refractivity contribution in [2.75, 3.05) is 19.0 Å². The van der Waals surface area contributed by atoms with Gasteiger partial charge >= 0.3 is 0 Å². The lowest BCUT2D eigenvalue weighted by Gasteiger charge is -2.05. The molecule has 19 heavy (non-hydrogen) atoms. The molecule has 0 unspecified atom stereocenters. The van der Waals surface area contributed by atoms with Gasteiger partial charge in [-0.25, -0.2) is 0 Å². The van der Waals surface area contributed by atoms with E-state index in [9.17, 15) is 0 Å². The number of aromatic nitrogens is 2. The van der Waals surface area contributed by atoms with Crippen molar-refractivity contribution < 1.29 is 9.15 Å². The van der Waals surface area contributed by atoms with Crippen LogP contribution in [0, 0.1) is 0 Å². The molecule has 0 bridgehead atoms. The van der Waals surface area contributed by atoms with Crippen LogP contribution in [0.25, 0.3) is 0 Å². The van der Waals surface area contributed by atoms with Gasteiger partial charge in [-0.15, -0.1) is 22.0 Å². The largest absolute Gasteiger partial charge is 0.424 e. The van der Waals surface area contributed by atoms with Crippen LogP contribution in [0.2, 0.25) is 0 Å². The first-order chi connectivity index (χ1) is 9.42. The summed E-state index contributed by atoms with van der Waals surface area (Å²) in [6.07, 6.45) is 0.984. The number of benzene rings is 1. The van der Waals surface area contributed by atoms with Gasteiger partial charge in [0.15, 0.2) is 0 Å². The molecular formula is C14H14N2O2S. The molecule has 1 saturated heterocycles. The molecule has 0 aliphatic carbocycles. The van der Waals surface area contributed by atoms with Crippen molar-refractivity contribution in [3.05, 3.63) is 41.6 Å². The van der Waals surface area contributed by atoms with E-state index in [1.54, 1.807) is 0 Å². The Hall–Kier alpha value is -1.33. The van der Waals surface area contributed by atoms with Gasteiger partial charge in [0, 0.05) is 17.3 Å². The number of hydrogen-bond acceptors (Lipinski definition) is 5. The van der Waals surface area contributed by atoms with Crippen LogP contribution >= 0.6 is 11.8 Å². The Morgan fingerprint density at radius 2 is 2.05 bits per heavy atom. The average molecular weight is 274 g/mol. The third kappa shape index (κ3) is 1.97. The highest BCUT2D eigenvalue weighted by atomic mass is 32.2. The SMILES string of the molecule is c1ccc2c(c1)SC[C@H]2c1nnc([C@H]2CCOC2)o1. The quantitative estimate of drug-likeness (QED) is 0.842. The molecule has 98 valence electrons. The fourth-order valence-corrected chi connectivity index (χ4v) is 3.87. The zero-order valence-corrected chi connectivity index (χ0v) is 11.2. The summed E-state index contributed by atoms with van der Waals surface area (Å²) in [6.45, 7) is 1.50. The van der Waals surface area contributed by atoms with E-state index in [0.29, 0.717) is 6.61 Å². The van der Waals surface area contributed by atoms with E-state index in [4.69, 9.17) is 9.15 Å². The van der Waals surface area contributed by atoms with Gasteiger partial charge in [-0.05, 0) is 18.1 Å². The highest BCUT2D eigenvalue weighted by molar-refractivity contribution is 7.99. The summed E-state index contributed by atoms with van der Waals surface area (Å²) in [6, 6.07) is 8.45. The smallest absolute Gasteiger partial charge is 0.224 e. The van der Waals surface area contributed by atoms with Gasteiger partial charge in [0.1, 0.15) is 0 Å². The van der Waals surface area contributed by atoms with E-state index in [0.717, 1.165) is 30.6 Å². The predicted octanol–water partition coefficient (Wildman–Crippen LogP) is 2.81. The highest BCUT2D eigenvalue weighted by Crippen LogP contribution is 2.42. The van der Waals surface area contributed by atoms with Crippen molar-refractivity contribution in [3.8, 4) is 0 Å². The third-order valence-electron chi connectivity index (χ3n) is 3.73. The average Bonchev–Trinajstić information content (AvgIpc) is 3.18. The molecule has 1 aromatic heterocycles. The summed E-state index contributed by atoms with van der Waals surface area (Å²) in [5.74, 6) is 3.00. The van der Waals surface area contributed by atoms with Gasteiger partial charge in [-0.3, -0.25) is 0 Å². The van der Waals surface area contributed by atoms with Gasteiger partial charge in [-0.2, -0.15) is 0 Å². The van der Waals surface area contributed by atoms with Crippen molar-refractivity contribution in [1.82, 2.24) is 10.2 Å². The van der Waals surface area contributed by atoms with E-state index in [2.05, 4.69) is 34.5 Å². The lowest BCUT2D eigenvalue weighted by Crippen LogP contribution is -1.99. The van der Waals surface area contributed by atoms with Crippen LogP contribution in [0.1, 0.15) is 35.6 Å². The van der Waals surface area contributed by atoms with E-state index in [1.807, 2.05) is 11.8 Å². The Morgan fingerprint density at radius 3 is 2.95 bits per heavy atom. The van der Waals surface area contributed by atoms with Crippen molar-refractivity contribution in [2.45, 2.75) is 23.2 Å². The second-order valence-electron chi connectivity index (χ2n) is 4.94. The fourth-order valence-electron chi connectivity index (χ4n) is 2.65. The Balaban J connectivity index is 1.63. The summed E-state index contributed by atoms with van der Waals surface area (Å²) < 4.78 is 11.3. The maximum atomic E-state index is 5.89. The summed E-state index contributed by atoms with van der Waals surface area (Å²) in [5, 5.41) is 8.47. The van der Waals surface area contributed by atoms with E-state index in [-0.39, 0.29) is 11.8 Å². The third-order valence-corrected chi connectivity index (χ3v) is 4.92. The lowest BCUT2D eigenvalue weighted by molar-refractivity contribution is 0.190. The molecule has 0 saturated carbocycles. The molecule has 0 spiro atoms. The minimum Gasteiger partial charge on any atom is -0.424 e. The van der Waals surface area contributed by atoms with Gasteiger partial charge < -0.3 is 9.15 Å².